The highest BCUT2D eigenvalue weighted by atomic mass is 35.5. The topological polar surface area (TPSA) is 87.1 Å². The van der Waals surface area contributed by atoms with Crippen LogP contribution in [0.1, 0.15) is 13.3 Å². The van der Waals surface area contributed by atoms with Gasteiger partial charge < -0.3 is 0 Å². The molecule has 0 unspecified atom stereocenters. The lowest BCUT2D eigenvalue weighted by Gasteiger charge is -2.07. The lowest BCUT2D eigenvalue weighted by molar-refractivity contribution is -0.387. The van der Waals surface area contributed by atoms with E-state index in [9.17, 15) is 19.7 Å². The molecule has 0 spiro atoms. The number of halogens is 1. The minimum atomic E-state index is -0.880. The van der Waals surface area contributed by atoms with Crippen molar-refractivity contribution in [3.63, 3.8) is 0 Å². The summed E-state index contributed by atoms with van der Waals surface area (Å²) in [5, 5.41) is 10.7. The standard InChI is InChI=1S/C9H12ClN3O4/c1-2-11-6-7(13(16)17)8(14)12(9(11)15)5-3-4-10/h6H,2-5H2,1H3. The Kier molecular flexibility index (Phi) is 4.45. The Bertz CT molecular complexity index is 534. The van der Waals surface area contributed by atoms with E-state index in [0.29, 0.717) is 6.42 Å². The predicted molar refractivity (Wildman–Crippen MR) is 62.6 cm³/mol. The molecule has 17 heavy (non-hydrogen) atoms. The van der Waals surface area contributed by atoms with Crippen LogP contribution in [0.3, 0.4) is 0 Å². The first kappa shape index (κ1) is 13.4. The van der Waals surface area contributed by atoms with Crippen LogP contribution in [0.15, 0.2) is 15.8 Å². The van der Waals surface area contributed by atoms with Gasteiger partial charge in [-0.2, -0.15) is 0 Å². The number of rotatable bonds is 5. The van der Waals surface area contributed by atoms with Gasteiger partial charge in [0.2, 0.25) is 0 Å². The van der Waals surface area contributed by atoms with Crippen molar-refractivity contribution in [1.29, 1.82) is 0 Å². The third kappa shape index (κ3) is 2.73. The molecule has 0 radical (unpaired) electrons. The predicted octanol–water partition coefficient (Wildman–Crippen LogP) is 0.567. The molecule has 0 amide bonds. The van der Waals surface area contributed by atoms with Gasteiger partial charge in [0, 0.05) is 19.0 Å². The van der Waals surface area contributed by atoms with Crippen LogP contribution in [-0.4, -0.2) is 19.9 Å². The summed E-state index contributed by atoms with van der Waals surface area (Å²) in [6, 6.07) is 0. The number of alkyl halides is 1. The van der Waals surface area contributed by atoms with Gasteiger partial charge in [-0.05, 0) is 13.3 Å². The first-order chi connectivity index (χ1) is 8.02. The molecule has 0 aliphatic carbocycles. The molecule has 0 bridgehead atoms. The number of nitrogens with zero attached hydrogens (tertiary/aromatic N) is 3. The maximum Gasteiger partial charge on any atom is 0.350 e. The van der Waals surface area contributed by atoms with E-state index < -0.39 is 21.9 Å². The first-order valence-electron chi connectivity index (χ1n) is 5.07. The summed E-state index contributed by atoms with van der Waals surface area (Å²) < 4.78 is 1.98. The van der Waals surface area contributed by atoms with Crippen LogP contribution in [-0.2, 0) is 13.1 Å². The summed E-state index contributed by atoms with van der Waals surface area (Å²) in [5.41, 5.74) is -2.02. The summed E-state index contributed by atoms with van der Waals surface area (Å²) in [7, 11) is 0. The summed E-state index contributed by atoms with van der Waals surface area (Å²) in [6.07, 6.45) is 1.38. The molecule has 94 valence electrons. The van der Waals surface area contributed by atoms with Crippen LogP contribution >= 0.6 is 11.6 Å². The maximum absolute atomic E-state index is 11.8. The van der Waals surface area contributed by atoms with E-state index in [4.69, 9.17) is 11.6 Å². The number of nitro groups is 1. The third-order valence-corrected chi connectivity index (χ3v) is 2.54. The zero-order valence-electron chi connectivity index (χ0n) is 9.26. The smallest absolute Gasteiger partial charge is 0.294 e. The zero-order valence-corrected chi connectivity index (χ0v) is 10.0. The highest BCUT2D eigenvalue weighted by Gasteiger charge is 2.18. The van der Waals surface area contributed by atoms with E-state index in [2.05, 4.69) is 0 Å². The van der Waals surface area contributed by atoms with E-state index in [-0.39, 0.29) is 19.0 Å². The molecule has 1 heterocycles. The Morgan fingerprint density at radius 1 is 1.47 bits per heavy atom. The van der Waals surface area contributed by atoms with Crippen LogP contribution in [0.25, 0.3) is 0 Å². The minimum Gasteiger partial charge on any atom is -0.294 e. The van der Waals surface area contributed by atoms with Gasteiger partial charge in [-0.3, -0.25) is 24.0 Å². The molecule has 0 saturated carbocycles. The van der Waals surface area contributed by atoms with Crippen molar-refractivity contribution in [2.45, 2.75) is 26.4 Å². The first-order valence-corrected chi connectivity index (χ1v) is 5.61. The lowest BCUT2D eigenvalue weighted by atomic mass is 10.4. The van der Waals surface area contributed by atoms with Crippen molar-refractivity contribution >= 4 is 17.3 Å². The number of aromatic nitrogens is 2. The Hall–Kier alpha value is -1.63. The number of aryl methyl sites for hydroxylation is 1. The highest BCUT2D eigenvalue weighted by Crippen LogP contribution is 2.00. The average Bonchev–Trinajstić information content (AvgIpc) is 2.29. The van der Waals surface area contributed by atoms with E-state index in [1.165, 1.54) is 0 Å². The monoisotopic (exact) mass is 261 g/mol. The maximum atomic E-state index is 11.8. The molecule has 1 rings (SSSR count). The second-order valence-corrected chi connectivity index (χ2v) is 3.72. The van der Waals surface area contributed by atoms with Gasteiger partial charge in [0.05, 0.1) is 11.1 Å². The third-order valence-electron chi connectivity index (χ3n) is 2.27. The highest BCUT2D eigenvalue weighted by molar-refractivity contribution is 6.17. The van der Waals surface area contributed by atoms with Gasteiger partial charge in [-0.25, -0.2) is 4.79 Å². The second-order valence-electron chi connectivity index (χ2n) is 3.34. The molecule has 0 aromatic carbocycles. The van der Waals surface area contributed by atoms with Crippen molar-refractivity contribution in [2.75, 3.05) is 5.88 Å². The molecule has 1 aromatic heterocycles. The number of hydrogen-bond acceptors (Lipinski definition) is 4. The fourth-order valence-electron chi connectivity index (χ4n) is 1.41. The van der Waals surface area contributed by atoms with Crippen LogP contribution in [0.2, 0.25) is 0 Å². The van der Waals surface area contributed by atoms with Crippen LogP contribution in [0, 0.1) is 10.1 Å². The lowest BCUT2D eigenvalue weighted by Crippen LogP contribution is -2.40. The van der Waals surface area contributed by atoms with E-state index in [0.717, 1.165) is 15.3 Å². The Labute approximate surface area is 101 Å². The largest absolute Gasteiger partial charge is 0.350 e. The summed E-state index contributed by atoms with van der Waals surface area (Å²) in [4.78, 5) is 33.3. The molecule has 1 aromatic rings. The Morgan fingerprint density at radius 2 is 2.12 bits per heavy atom. The molecule has 0 atom stereocenters. The fraction of sp³-hybridized carbons (Fsp3) is 0.556. The van der Waals surface area contributed by atoms with E-state index in [1.54, 1.807) is 6.92 Å². The average molecular weight is 262 g/mol. The van der Waals surface area contributed by atoms with E-state index in [1.807, 2.05) is 0 Å². The molecule has 0 fully saturated rings. The van der Waals surface area contributed by atoms with Gasteiger partial charge in [-0.1, -0.05) is 0 Å². The van der Waals surface area contributed by atoms with Gasteiger partial charge in [0.1, 0.15) is 0 Å². The molecular weight excluding hydrogens is 250 g/mol. The van der Waals surface area contributed by atoms with Crippen LogP contribution in [0.4, 0.5) is 5.69 Å². The van der Waals surface area contributed by atoms with Gasteiger partial charge in [0.25, 0.3) is 0 Å². The molecule has 7 nitrogen and oxygen atoms in total. The molecule has 0 aliphatic heterocycles. The van der Waals surface area contributed by atoms with Crippen molar-refractivity contribution in [3.8, 4) is 0 Å². The molecular formula is C9H12ClN3O4. The SMILES string of the molecule is CCn1cc([N+](=O)[O-])c(=O)n(CCCCl)c1=O. The quantitative estimate of drug-likeness (QED) is 0.440. The zero-order chi connectivity index (χ0) is 13.0. The van der Waals surface area contributed by atoms with Crippen LogP contribution in [0.5, 0.6) is 0 Å². The van der Waals surface area contributed by atoms with Gasteiger partial charge >= 0.3 is 16.9 Å². The Balaban J connectivity index is 3.45. The molecule has 0 N–H and O–H groups in total. The van der Waals surface area contributed by atoms with E-state index >= 15 is 0 Å². The normalized spacial score (nSPS) is 10.5. The van der Waals surface area contributed by atoms with Gasteiger partial charge in [0.15, 0.2) is 0 Å². The molecule has 8 heteroatoms. The fourth-order valence-corrected chi connectivity index (χ4v) is 1.52. The van der Waals surface area contributed by atoms with Gasteiger partial charge in [-0.15, -0.1) is 11.6 Å². The summed E-state index contributed by atoms with van der Waals surface area (Å²) in [5.74, 6) is 0.278. The minimum absolute atomic E-state index is 0.0862. The number of hydrogen-bond donors (Lipinski definition) is 0. The van der Waals surface area contributed by atoms with Crippen LogP contribution < -0.4 is 11.2 Å². The summed E-state index contributed by atoms with van der Waals surface area (Å²) in [6.45, 7) is 2.02. The summed E-state index contributed by atoms with van der Waals surface area (Å²) >= 11 is 5.47. The molecule has 0 aliphatic rings. The Morgan fingerprint density at radius 3 is 2.59 bits per heavy atom. The van der Waals surface area contributed by atoms with Crippen molar-refractivity contribution in [1.82, 2.24) is 9.13 Å². The van der Waals surface area contributed by atoms with Crippen molar-refractivity contribution in [2.24, 2.45) is 0 Å². The van der Waals surface area contributed by atoms with Crippen molar-refractivity contribution in [3.05, 3.63) is 37.1 Å². The van der Waals surface area contributed by atoms with Crippen molar-refractivity contribution < 1.29 is 4.92 Å². The molecule has 0 saturated heterocycles. The second kappa shape index (κ2) is 5.62.